The van der Waals surface area contributed by atoms with Crippen molar-refractivity contribution in [3.05, 3.63) is 34.3 Å². The number of benzene rings is 1. The number of carbonyl (C=O) groups excluding carboxylic acids is 1. The molecule has 1 aliphatic rings. The van der Waals surface area contributed by atoms with Gasteiger partial charge in [0.1, 0.15) is 6.20 Å². The lowest BCUT2D eigenvalue weighted by molar-refractivity contribution is 0.0912. The van der Waals surface area contributed by atoms with Crippen molar-refractivity contribution in [2.75, 3.05) is 13.4 Å². The van der Waals surface area contributed by atoms with Gasteiger partial charge in [-0.2, -0.15) is 5.10 Å². The summed E-state index contributed by atoms with van der Waals surface area (Å²) in [6.45, 7) is 2.41. The van der Waals surface area contributed by atoms with Crippen LogP contribution in [-0.2, 0) is 0 Å². The lowest BCUT2D eigenvalue weighted by Gasteiger charge is -2.01. The number of oxazole rings is 1. The zero-order valence-corrected chi connectivity index (χ0v) is 13.6. The monoisotopic (exact) mass is 381 g/mol. The maximum absolute atomic E-state index is 11.8. The van der Waals surface area contributed by atoms with Crippen molar-refractivity contribution in [2.45, 2.75) is 6.92 Å². The standard InChI is InChI=1S/C14H12BrN3O5/c1-2-20-12-6-16-14(23-12)13(19)18-17-5-8-3-10-11(4-9(8)15)22-7-21-10/h3-6H,2,7H2,1H3,(H,18,19). The van der Waals surface area contributed by atoms with E-state index in [9.17, 15) is 4.79 Å². The lowest BCUT2D eigenvalue weighted by Crippen LogP contribution is -2.17. The molecule has 1 aliphatic heterocycles. The molecule has 0 saturated carbocycles. The normalized spacial score (nSPS) is 12.6. The Morgan fingerprint density at radius 1 is 1.48 bits per heavy atom. The SMILES string of the molecule is CCOc1cnc(C(=O)NN=Cc2cc3c(cc2Br)OCO3)o1. The van der Waals surface area contributed by atoms with E-state index in [1.165, 1.54) is 12.4 Å². The molecule has 8 nitrogen and oxygen atoms in total. The van der Waals surface area contributed by atoms with Crippen molar-refractivity contribution in [1.29, 1.82) is 0 Å². The second kappa shape index (κ2) is 6.69. The van der Waals surface area contributed by atoms with Crippen LogP contribution in [0.2, 0.25) is 0 Å². The van der Waals surface area contributed by atoms with Gasteiger partial charge in [0.2, 0.25) is 6.79 Å². The number of aromatic nitrogens is 1. The smallest absolute Gasteiger partial charge is 0.327 e. The Morgan fingerprint density at radius 3 is 3.04 bits per heavy atom. The van der Waals surface area contributed by atoms with Gasteiger partial charge in [0.05, 0.1) is 12.8 Å². The Kier molecular flexibility index (Phi) is 4.47. The minimum absolute atomic E-state index is 0.129. The van der Waals surface area contributed by atoms with E-state index in [2.05, 4.69) is 31.4 Å². The van der Waals surface area contributed by atoms with E-state index >= 15 is 0 Å². The summed E-state index contributed by atoms with van der Waals surface area (Å²) in [4.78, 5) is 15.6. The molecular weight excluding hydrogens is 370 g/mol. The van der Waals surface area contributed by atoms with Crippen LogP contribution in [0.5, 0.6) is 17.4 Å². The first-order valence-corrected chi connectivity index (χ1v) is 7.48. The van der Waals surface area contributed by atoms with Crippen LogP contribution in [0.15, 0.2) is 32.3 Å². The summed E-state index contributed by atoms with van der Waals surface area (Å²) in [6.07, 6.45) is 2.80. The third-order valence-electron chi connectivity index (χ3n) is 2.83. The zero-order valence-electron chi connectivity index (χ0n) is 12.0. The van der Waals surface area contributed by atoms with Crippen LogP contribution in [0.25, 0.3) is 0 Å². The number of amides is 1. The number of nitrogens with one attached hydrogen (secondary N) is 1. The molecule has 3 rings (SSSR count). The summed E-state index contributed by atoms with van der Waals surface area (Å²) in [7, 11) is 0. The molecule has 0 unspecified atom stereocenters. The summed E-state index contributed by atoms with van der Waals surface area (Å²) in [6, 6.07) is 3.52. The predicted octanol–water partition coefficient (Wildman–Crippen LogP) is 2.33. The summed E-state index contributed by atoms with van der Waals surface area (Å²) in [5.74, 6) is 0.746. The van der Waals surface area contributed by atoms with E-state index < -0.39 is 5.91 Å². The number of ether oxygens (including phenoxy) is 3. The molecular formula is C14H12BrN3O5. The summed E-state index contributed by atoms with van der Waals surface area (Å²) >= 11 is 3.40. The molecule has 9 heteroatoms. The van der Waals surface area contributed by atoms with Crippen LogP contribution in [0.4, 0.5) is 0 Å². The molecule has 0 saturated heterocycles. The van der Waals surface area contributed by atoms with E-state index in [4.69, 9.17) is 18.6 Å². The molecule has 23 heavy (non-hydrogen) atoms. The second-order valence-corrected chi connectivity index (χ2v) is 5.20. The van der Waals surface area contributed by atoms with Crippen molar-refractivity contribution in [3.8, 4) is 17.4 Å². The van der Waals surface area contributed by atoms with Gasteiger partial charge in [0.15, 0.2) is 11.5 Å². The molecule has 0 spiro atoms. The Morgan fingerprint density at radius 2 is 2.26 bits per heavy atom. The number of rotatable bonds is 5. The topological polar surface area (TPSA) is 95.2 Å². The molecule has 2 heterocycles. The molecule has 0 aliphatic carbocycles. The molecule has 1 aromatic heterocycles. The Bertz CT molecular complexity index is 759. The van der Waals surface area contributed by atoms with E-state index in [0.717, 1.165) is 10.0 Å². The van der Waals surface area contributed by atoms with Gasteiger partial charge in [0, 0.05) is 10.0 Å². The van der Waals surface area contributed by atoms with Gasteiger partial charge in [-0.3, -0.25) is 4.79 Å². The summed E-state index contributed by atoms with van der Waals surface area (Å²) in [5.41, 5.74) is 3.04. The van der Waals surface area contributed by atoms with Crippen molar-refractivity contribution in [1.82, 2.24) is 10.4 Å². The second-order valence-electron chi connectivity index (χ2n) is 4.34. The Hall–Kier alpha value is -2.55. The molecule has 1 N–H and O–H groups in total. The number of carbonyl (C=O) groups is 1. The predicted molar refractivity (Wildman–Crippen MR) is 83.0 cm³/mol. The van der Waals surface area contributed by atoms with Crippen molar-refractivity contribution in [2.24, 2.45) is 5.10 Å². The van der Waals surface area contributed by atoms with Crippen LogP contribution < -0.4 is 19.6 Å². The highest BCUT2D eigenvalue weighted by molar-refractivity contribution is 9.10. The first-order valence-electron chi connectivity index (χ1n) is 6.68. The highest BCUT2D eigenvalue weighted by Crippen LogP contribution is 2.36. The van der Waals surface area contributed by atoms with Gasteiger partial charge in [-0.05, 0) is 35.0 Å². The molecule has 0 fully saturated rings. The number of hydrazone groups is 1. The number of hydrogen-bond acceptors (Lipinski definition) is 7. The number of nitrogens with zero attached hydrogens (tertiary/aromatic N) is 2. The quantitative estimate of drug-likeness (QED) is 0.630. The van der Waals surface area contributed by atoms with Crippen LogP contribution in [0.1, 0.15) is 23.2 Å². The Balaban J connectivity index is 1.65. The van der Waals surface area contributed by atoms with Gasteiger partial charge in [-0.1, -0.05) is 0 Å². The first-order chi connectivity index (χ1) is 11.2. The molecule has 0 radical (unpaired) electrons. The maximum Gasteiger partial charge on any atom is 0.327 e. The van der Waals surface area contributed by atoms with Gasteiger partial charge in [0.25, 0.3) is 5.89 Å². The lowest BCUT2D eigenvalue weighted by atomic mass is 10.2. The third kappa shape index (κ3) is 3.45. The van der Waals surface area contributed by atoms with Crippen molar-refractivity contribution in [3.63, 3.8) is 0 Å². The minimum Gasteiger partial charge on any atom is -0.464 e. The largest absolute Gasteiger partial charge is 0.464 e. The summed E-state index contributed by atoms with van der Waals surface area (Å²) < 4.78 is 21.5. The van der Waals surface area contributed by atoms with Crippen LogP contribution in [-0.4, -0.2) is 30.5 Å². The van der Waals surface area contributed by atoms with Crippen LogP contribution in [0, 0.1) is 0 Å². The van der Waals surface area contributed by atoms with E-state index in [0.29, 0.717) is 18.1 Å². The molecule has 1 aromatic carbocycles. The van der Waals surface area contributed by atoms with E-state index in [1.54, 1.807) is 19.1 Å². The van der Waals surface area contributed by atoms with Gasteiger partial charge >= 0.3 is 11.9 Å². The summed E-state index contributed by atoms with van der Waals surface area (Å²) in [5, 5.41) is 3.87. The fourth-order valence-electron chi connectivity index (χ4n) is 1.81. The maximum atomic E-state index is 11.8. The zero-order chi connectivity index (χ0) is 16.2. The van der Waals surface area contributed by atoms with E-state index in [1.807, 2.05) is 0 Å². The van der Waals surface area contributed by atoms with E-state index in [-0.39, 0.29) is 18.6 Å². The van der Waals surface area contributed by atoms with Crippen molar-refractivity contribution >= 4 is 28.1 Å². The molecule has 0 bridgehead atoms. The first kappa shape index (κ1) is 15.3. The van der Waals surface area contributed by atoms with Crippen LogP contribution in [0.3, 0.4) is 0 Å². The average Bonchev–Trinajstić information content (AvgIpc) is 3.16. The van der Waals surface area contributed by atoms with Gasteiger partial charge < -0.3 is 18.6 Å². The van der Waals surface area contributed by atoms with Gasteiger partial charge in [-0.25, -0.2) is 10.4 Å². The molecule has 0 atom stereocenters. The minimum atomic E-state index is -0.580. The van der Waals surface area contributed by atoms with Crippen molar-refractivity contribution < 1.29 is 23.4 Å². The fraction of sp³-hybridized carbons (Fsp3) is 0.214. The third-order valence-corrected chi connectivity index (χ3v) is 3.51. The fourth-order valence-corrected chi connectivity index (χ4v) is 2.24. The highest BCUT2D eigenvalue weighted by atomic mass is 79.9. The number of fused-ring (bicyclic) bond motifs is 1. The molecule has 1 amide bonds. The number of hydrogen-bond donors (Lipinski definition) is 1. The molecule has 2 aromatic rings. The average molecular weight is 382 g/mol. The highest BCUT2D eigenvalue weighted by Gasteiger charge is 2.16. The van der Waals surface area contributed by atoms with Crippen LogP contribution >= 0.6 is 15.9 Å². The van der Waals surface area contributed by atoms with Gasteiger partial charge in [-0.15, -0.1) is 0 Å². The Labute approximate surface area is 139 Å². The number of halogens is 1. The molecule has 120 valence electrons.